The highest BCUT2D eigenvalue weighted by Crippen LogP contribution is 2.16. The molecule has 0 aliphatic rings. The second kappa shape index (κ2) is 8.48. The summed E-state index contributed by atoms with van der Waals surface area (Å²) in [6, 6.07) is 8.57. The molecule has 0 spiro atoms. The molecule has 0 saturated carbocycles. The van der Waals surface area contributed by atoms with Crippen LogP contribution in [0.2, 0.25) is 0 Å². The van der Waals surface area contributed by atoms with E-state index in [2.05, 4.69) is 6.58 Å². The molecule has 0 bridgehead atoms. The number of carbonyl (C=O) groups excluding carboxylic acids is 2. The first-order valence-corrected chi connectivity index (χ1v) is 7.55. The average molecular weight is 319 g/mol. The van der Waals surface area contributed by atoms with Gasteiger partial charge in [-0.05, 0) is 32.8 Å². The number of esters is 1. The summed E-state index contributed by atoms with van der Waals surface area (Å²) in [7, 11) is 0. The van der Waals surface area contributed by atoms with Gasteiger partial charge >= 0.3 is 5.97 Å². The van der Waals surface area contributed by atoms with Crippen molar-refractivity contribution in [2.24, 2.45) is 0 Å². The Bertz CT molecular complexity index is 534. The van der Waals surface area contributed by atoms with Crippen molar-refractivity contribution in [1.29, 1.82) is 0 Å². The molecule has 0 saturated heterocycles. The minimum atomic E-state index is -0.854. The first-order chi connectivity index (χ1) is 10.7. The van der Waals surface area contributed by atoms with Crippen LogP contribution in [0.3, 0.4) is 0 Å². The van der Waals surface area contributed by atoms with E-state index in [0.717, 1.165) is 10.6 Å². The zero-order chi connectivity index (χ0) is 17.5. The normalized spacial score (nSPS) is 12.3. The molecule has 5 heteroatoms. The van der Waals surface area contributed by atoms with Gasteiger partial charge in [-0.3, -0.25) is 9.63 Å². The Morgan fingerprint density at radius 2 is 1.87 bits per heavy atom. The van der Waals surface area contributed by atoms with E-state index in [1.165, 1.54) is 6.92 Å². The summed E-state index contributed by atoms with van der Waals surface area (Å²) in [5.41, 5.74) is 0.263. The average Bonchev–Trinajstić information content (AvgIpc) is 2.45. The lowest BCUT2D eigenvalue weighted by molar-refractivity contribution is -0.214. The molecule has 1 aromatic carbocycles. The van der Waals surface area contributed by atoms with Gasteiger partial charge in [0.1, 0.15) is 12.2 Å². The molecule has 1 rings (SSSR count). The molecule has 0 fully saturated rings. The van der Waals surface area contributed by atoms with Gasteiger partial charge in [0.2, 0.25) is 5.91 Å². The van der Waals surface area contributed by atoms with Gasteiger partial charge in [-0.15, -0.1) is 6.58 Å². The number of hydroxylamine groups is 2. The molecule has 0 N–H and O–H groups in total. The molecule has 0 aliphatic heterocycles. The van der Waals surface area contributed by atoms with E-state index < -0.39 is 17.6 Å². The molecule has 0 aliphatic carbocycles. The van der Waals surface area contributed by atoms with Crippen molar-refractivity contribution >= 4 is 11.9 Å². The summed E-state index contributed by atoms with van der Waals surface area (Å²) in [5, 5.41) is 1.07. The first-order valence-electron chi connectivity index (χ1n) is 7.55. The number of amides is 1. The Morgan fingerprint density at radius 3 is 2.35 bits per heavy atom. The Morgan fingerprint density at radius 1 is 1.26 bits per heavy atom. The number of hydrogen-bond donors (Lipinski definition) is 0. The molecule has 1 atom stereocenters. The molecule has 0 radical (unpaired) electrons. The van der Waals surface area contributed by atoms with Gasteiger partial charge < -0.3 is 4.74 Å². The van der Waals surface area contributed by atoms with Gasteiger partial charge in [0.25, 0.3) is 0 Å². The fraction of sp³-hybridized carbons (Fsp3) is 0.444. The van der Waals surface area contributed by atoms with Gasteiger partial charge in [0.05, 0.1) is 0 Å². The van der Waals surface area contributed by atoms with Crippen LogP contribution in [0.1, 0.15) is 39.7 Å². The molecule has 0 heterocycles. The number of nitrogens with zero attached hydrogens (tertiary/aromatic N) is 1. The maximum Gasteiger partial charge on any atom is 0.332 e. The van der Waals surface area contributed by atoms with Crippen molar-refractivity contribution in [3.63, 3.8) is 0 Å². The fourth-order valence-corrected chi connectivity index (χ4v) is 1.93. The maximum absolute atomic E-state index is 12.4. The summed E-state index contributed by atoms with van der Waals surface area (Å²) in [6.07, 6.45) is 1.82. The largest absolute Gasteiger partial charge is 0.458 e. The zero-order valence-electron chi connectivity index (χ0n) is 14.2. The summed E-state index contributed by atoms with van der Waals surface area (Å²) in [4.78, 5) is 29.8. The molecule has 5 nitrogen and oxygen atoms in total. The molecule has 23 heavy (non-hydrogen) atoms. The van der Waals surface area contributed by atoms with Gasteiger partial charge in [0, 0.05) is 6.92 Å². The molecule has 0 aromatic heterocycles. The van der Waals surface area contributed by atoms with Crippen molar-refractivity contribution in [2.75, 3.05) is 0 Å². The van der Waals surface area contributed by atoms with E-state index in [9.17, 15) is 9.59 Å². The third kappa shape index (κ3) is 6.65. The first kappa shape index (κ1) is 18.9. The quantitative estimate of drug-likeness (QED) is 0.440. The van der Waals surface area contributed by atoms with Crippen LogP contribution in [0.15, 0.2) is 43.0 Å². The minimum absolute atomic E-state index is 0.191. The fourth-order valence-electron chi connectivity index (χ4n) is 1.93. The zero-order valence-corrected chi connectivity index (χ0v) is 14.2. The number of carbonyl (C=O) groups is 2. The summed E-state index contributed by atoms with van der Waals surface area (Å²) < 4.78 is 5.37. The Kier molecular flexibility index (Phi) is 6.97. The van der Waals surface area contributed by atoms with Crippen molar-refractivity contribution < 1.29 is 19.2 Å². The second-order valence-electron chi connectivity index (χ2n) is 6.18. The number of benzene rings is 1. The van der Waals surface area contributed by atoms with E-state index in [-0.39, 0.29) is 18.9 Å². The van der Waals surface area contributed by atoms with Crippen molar-refractivity contribution in [2.45, 2.75) is 52.4 Å². The van der Waals surface area contributed by atoms with Gasteiger partial charge in [0.15, 0.2) is 6.04 Å². The number of rotatable bonds is 7. The van der Waals surface area contributed by atoms with Crippen LogP contribution in [-0.4, -0.2) is 28.6 Å². The maximum atomic E-state index is 12.4. The summed E-state index contributed by atoms with van der Waals surface area (Å²) >= 11 is 0. The van der Waals surface area contributed by atoms with E-state index in [1.54, 1.807) is 26.8 Å². The third-order valence-electron chi connectivity index (χ3n) is 2.88. The third-order valence-corrected chi connectivity index (χ3v) is 2.88. The minimum Gasteiger partial charge on any atom is -0.458 e. The Labute approximate surface area is 137 Å². The Balaban J connectivity index is 2.86. The van der Waals surface area contributed by atoms with Crippen LogP contribution in [0, 0.1) is 0 Å². The smallest absolute Gasteiger partial charge is 0.332 e. The monoisotopic (exact) mass is 319 g/mol. The lowest BCUT2D eigenvalue weighted by Gasteiger charge is -2.30. The lowest BCUT2D eigenvalue weighted by atomic mass is 10.1. The predicted molar refractivity (Wildman–Crippen MR) is 88.2 cm³/mol. The molecular weight excluding hydrogens is 294 g/mol. The van der Waals surface area contributed by atoms with Gasteiger partial charge in [-0.2, -0.15) is 0 Å². The van der Waals surface area contributed by atoms with Crippen molar-refractivity contribution in [1.82, 2.24) is 5.06 Å². The van der Waals surface area contributed by atoms with E-state index in [1.807, 2.05) is 30.3 Å². The van der Waals surface area contributed by atoms with Crippen LogP contribution in [0.25, 0.3) is 0 Å². The van der Waals surface area contributed by atoms with Gasteiger partial charge in [-0.25, -0.2) is 9.86 Å². The molecular formula is C18H25NO4. The van der Waals surface area contributed by atoms with E-state index >= 15 is 0 Å². The molecule has 1 unspecified atom stereocenters. The SMILES string of the molecule is C=CCC(C(=O)OC(C)(C)C)N(OCc1ccccc1)C(C)=O. The van der Waals surface area contributed by atoms with Crippen LogP contribution >= 0.6 is 0 Å². The highest BCUT2D eigenvalue weighted by Gasteiger charge is 2.32. The highest BCUT2D eigenvalue weighted by molar-refractivity contribution is 5.83. The topological polar surface area (TPSA) is 55.8 Å². The molecule has 126 valence electrons. The van der Waals surface area contributed by atoms with Gasteiger partial charge in [-0.1, -0.05) is 36.4 Å². The van der Waals surface area contributed by atoms with Crippen LogP contribution in [-0.2, 0) is 25.8 Å². The molecule has 1 amide bonds. The van der Waals surface area contributed by atoms with Crippen LogP contribution in [0.4, 0.5) is 0 Å². The highest BCUT2D eigenvalue weighted by atomic mass is 16.7. The van der Waals surface area contributed by atoms with E-state index in [4.69, 9.17) is 9.57 Å². The van der Waals surface area contributed by atoms with E-state index in [0.29, 0.717) is 0 Å². The summed E-state index contributed by atoms with van der Waals surface area (Å²) in [5.74, 6) is -0.876. The van der Waals surface area contributed by atoms with Crippen molar-refractivity contribution in [3.05, 3.63) is 48.6 Å². The second-order valence-corrected chi connectivity index (χ2v) is 6.18. The van der Waals surface area contributed by atoms with Crippen LogP contribution < -0.4 is 0 Å². The molecule has 1 aromatic rings. The number of hydrogen-bond acceptors (Lipinski definition) is 4. The Hall–Kier alpha value is -2.14. The van der Waals surface area contributed by atoms with Crippen LogP contribution in [0.5, 0.6) is 0 Å². The standard InChI is InChI=1S/C18H25NO4/c1-6-10-16(17(21)23-18(3,4)5)19(14(2)20)22-13-15-11-8-7-9-12-15/h6-9,11-12,16H,1,10,13H2,2-5H3. The number of ether oxygens (including phenoxy) is 1. The predicted octanol–water partition coefficient (Wildman–Crippen LogP) is 3.25. The summed E-state index contributed by atoms with van der Waals surface area (Å²) in [6.45, 7) is 10.5. The lowest BCUT2D eigenvalue weighted by Crippen LogP contribution is -2.46. The van der Waals surface area contributed by atoms with Crippen molar-refractivity contribution in [3.8, 4) is 0 Å².